The zero-order valence-corrected chi connectivity index (χ0v) is 21.0. The molecule has 2 fully saturated rings. The number of piperazine rings is 1. The SMILES string of the molecule is CC12CCC(C(=O)N3CCN(Cc4ccccc4)CC3)(c3nc4cc([N+](=O)[O-])ccc4nc31)C2(C)C. The van der Waals surface area contributed by atoms with Crippen molar-refractivity contribution >= 4 is 22.6 Å². The number of aromatic nitrogens is 2. The second-order valence-electron chi connectivity index (χ2n) is 11.3. The van der Waals surface area contributed by atoms with Crippen molar-refractivity contribution in [2.24, 2.45) is 5.41 Å². The van der Waals surface area contributed by atoms with Gasteiger partial charge in [0.2, 0.25) is 5.91 Å². The van der Waals surface area contributed by atoms with Crippen molar-refractivity contribution in [3.8, 4) is 0 Å². The van der Waals surface area contributed by atoms with Crippen LogP contribution in [-0.2, 0) is 22.2 Å². The van der Waals surface area contributed by atoms with Crippen LogP contribution in [-0.4, -0.2) is 56.8 Å². The largest absolute Gasteiger partial charge is 0.339 e. The minimum atomic E-state index is -0.773. The molecule has 0 N–H and O–H groups in total. The smallest absolute Gasteiger partial charge is 0.271 e. The number of benzene rings is 2. The van der Waals surface area contributed by atoms with Crippen LogP contribution in [0.25, 0.3) is 11.0 Å². The number of rotatable bonds is 4. The van der Waals surface area contributed by atoms with E-state index in [1.807, 2.05) is 11.0 Å². The van der Waals surface area contributed by atoms with E-state index >= 15 is 0 Å². The number of carbonyl (C=O) groups excluding carboxylic acids is 1. The van der Waals surface area contributed by atoms with Gasteiger partial charge in [-0.25, -0.2) is 9.97 Å². The molecule has 2 unspecified atom stereocenters. The molecule has 2 bridgehead atoms. The summed E-state index contributed by atoms with van der Waals surface area (Å²) in [6, 6.07) is 15.0. The molecule has 3 aliphatic rings. The van der Waals surface area contributed by atoms with Crippen molar-refractivity contribution in [1.82, 2.24) is 19.8 Å². The molecule has 1 aliphatic heterocycles. The molecular weight excluding hydrogens is 454 g/mol. The minimum absolute atomic E-state index is 0.0136. The highest BCUT2D eigenvalue weighted by atomic mass is 16.6. The molecule has 2 aliphatic carbocycles. The standard InChI is InChI=1S/C28H31N5O3/c1-26(2)27(3)11-12-28(26,24-23(27)29-21-10-9-20(33(35)36)17-22(21)30-24)25(34)32-15-13-31(14-16-32)18-19-7-5-4-6-8-19/h4-10,17H,11-16,18H2,1-3H3. The maximum Gasteiger partial charge on any atom is 0.271 e. The van der Waals surface area contributed by atoms with Gasteiger partial charge >= 0.3 is 0 Å². The molecule has 36 heavy (non-hydrogen) atoms. The Kier molecular flexibility index (Phi) is 4.99. The Morgan fingerprint density at radius 2 is 1.64 bits per heavy atom. The number of amides is 1. The maximum atomic E-state index is 14.4. The van der Waals surface area contributed by atoms with Crippen LogP contribution in [0.3, 0.4) is 0 Å². The average molecular weight is 486 g/mol. The van der Waals surface area contributed by atoms with Crippen LogP contribution in [0, 0.1) is 15.5 Å². The van der Waals surface area contributed by atoms with E-state index in [1.165, 1.54) is 17.7 Å². The number of carbonyl (C=O) groups is 1. The highest BCUT2D eigenvalue weighted by molar-refractivity contribution is 5.93. The highest BCUT2D eigenvalue weighted by Gasteiger charge is 2.73. The average Bonchev–Trinajstić information content (AvgIpc) is 3.17. The lowest BCUT2D eigenvalue weighted by atomic mass is 9.63. The number of hydrogen-bond donors (Lipinski definition) is 0. The third-order valence-corrected chi connectivity index (χ3v) is 9.51. The van der Waals surface area contributed by atoms with E-state index in [2.05, 4.69) is 49.9 Å². The van der Waals surface area contributed by atoms with Gasteiger partial charge in [0.25, 0.3) is 5.69 Å². The number of nitrogens with zero attached hydrogens (tertiary/aromatic N) is 5. The van der Waals surface area contributed by atoms with E-state index < -0.39 is 10.3 Å². The van der Waals surface area contributed by atoms with Gasteiger partial charge in [0.1, 0.15) is 0 Å². The molecule has 186 valence electrons. The topological polar surface area (TPSA) is 92.5 Å². The van der Waals surface area contributed by atoms with E-state index in [9.17, 15) is 14.9 Å². The first-order valence-corrected chi connectivity index (χ1v) is 12.7. The van der Waals surface area contributed by atoms with Crippen LogP contribution in [0.5, 0.6) is 0 Å². The molecule has 2 atom stereocenters. The first kappa shape index (κ1) is 23.0. The van der Waals surface area contributed by atoms with Gasteiger partial charge in [0.05, 0.1) is 32.8 Å². The summed E-state index contributed by atoms with van der Waals surface area (Å²) in [6.45, 7) is 10.5. The zero-order valence-electron chi connectivity index (χ0n) is 21.0. The summed E-state index contributed by atoms with van der Waals surface area (Å²) >= 11 is 0. The van der Waals surface area contributed by atoms with E-state index in [1.54, 1.807) is 6.07 Å². The fourth-order valence-corrected chi connectivity index (χ4v) is 6.90. The van der Waals surface area contributed by atoms with Gasteiger partial charge < -0.3 is 4.90 Å². The van der Waals surface area contributed by atoms with Crippen molar-refractivity contribution < 1.29 is 9.72 Å². The van der Waals surface area contributed by atoms with Crippen LogP contribution in [0.15, 0.2) is 48.5 Å². The third kappa shape index (κ3) is 3.00. The Morgan fingerprint density at radius 3 is 2.33 bits per heavy atom. The molecule has 6 rings (SSSR count). The minimum Gasteiger partial charge on any atom is -0.339 e. The van der Waals surface area contributed by atoms with Crippen molar-refractivity contribution in [2.45, 2.75) is 51.0 Å². The summed E-state index contributed by atoms with van der Waals surface area (Å²) in [5, 5.41) is 11.4. The maximum absolute atomic E-state index is 14.4. The van der Waals surface area contributed by atoms with Crippen LogP contribution in [0.4, 0.5) is 5.69 Å². The van der Waals surface area contributed by atoms with E-state index in [-0.39, 0.29) is 22.4 Å². The molecule has 2 heterocycles. The molecule has 1 saturated carbocycles. The van der Waals surface area contributed by atoms with Crippen LogP contribution in [0.1, 0.15) is 50.6 Å². The molecule has 0 spiro atoms. The summed E-state index contributed by atoms with van der Waals surface area (Å²) in [7, 11) is 0. The van der Waals surface area contributed by atoms with Crippen molar-refractivity contribution in [2.75, 3.05) is 26.2 Å². The van der Waals surface area contributed by atoms with E-state index in [4.69, 9.17) is 9.97 Å². The lowest BCUT2D eigenvalue weighted by Gasteiger charge is -2.44. The Labute approximate surface area is 210 Å². The molecule has 8 heteroatoms. The molecule has 8 nitrogen and oxygen atoms in total. The van der Waals surface area contributed by atoms with Crippen molar-refractivity contribution in [3.05, 3.63) is 75.6 Å². The first-order chi connectivity index (χ1) is 17.2. The Bertz CT molecular complexity index is 1380. The van der Waals surface area contributed by atoms with Crippen molar-refractivity contribution in [1.29, 1.82) is 0 Å². The second-order valence-corrected chi connectivity index (χ2v) is 11.3. The molecule has 1 saturated heterocycles. The van der Waals surface area contributed by atoms with Gasteiger partial charge in [-0.3, -0.25) is 19.8 Å². The van der Waals surface area contributed by atoms with Gasteiger partial charge in [-0.05, 0) is 29.9 Å². The normalized spacial score (nSPS) is 26.8. The van der Waals surface area contributed by atoms with E-state index in [0.717, 1.165) is 43.9 Å². The summed E-state index contributed by atoms with van der Waals surface area (Å²) in [5.41, 5.74) is 2.58. The molecule has 3 aromatic rings. The van der Waals surface area contributed by atoms with Crippen molar-refractivity contribution in [3.63, 3.8) is 0 Å². The highest BCUT2D eigenvalue weighted by Crippen LogP contribution is 2.70. The number of fused-ring (bicyclic) bond motifs is 6. The number of non-ortho nitro benzene ring substituents is 1. The summed E-state index contributed by atoms with van der Waals surface area (Å²) < 4.78 is 0. The summed E-state index contributed by atoms with van der Waals surface area (Å²) in [4.78, 5) is 39.7. The molecule has 2 aromatic carbocycles. The summed E-state index contributed by atoms with van der Waals surface area (Å²) in [5.74, 6) is 0.133. The lowest BCUT2D eigenvalue weighted by Crippen LogP contribution is -2.57. The molecule has 1 aromatic heterocycles. The summed E-state index contributed by atoms with van der Waals surface area (Å²) in [6.07, 6.45) is 1.60. The van der Waals surface area contributed by atoms with Gasteiger partial charge in [0, 0.05) is 50.3 Å². The Balaban J connectivity index is 1.34. The number of hydrogen-bond acceptors (Lipinski definition) is 6. The zero-order chi connectivity index (χ0) is 25.3. The van der Waals surface area contributed by atoms with Gasteiger partial charge in [0.15, 0.2) is 0 Å². The van der Waals surface area contributed by atoms with E-state index in [0.29, 0.717) is 24.1 Å². The Morgan fingerprint density at radius 1 is 0.944 bits per heavy atom. The van der Waals surface area contributed by atoms with Crippen LogP contribution < -0.4 is 0 Å². The lowest BCUT2D eigenvalue weighted by molar-refractivity contribution is -0.384. The van der Waals surface area contributed by atoms with Crippen LogP contribution >= 0.6 is 0 Å². The molecular formula is C28H31N5O3. The van der Waals surface area contributed by atoms with Crippen LogP contribution in [0.2, 0.25) is 0 Å². The van der Waals surface area contributed by atoms with Gasteiger partial charge in [-0.1, -0.05) is 51.1 Å². The predicted octanol–water partition coefficient (Wildman–Crippen LogP) is 4.21. The number of nitro groups is 1. The predicted molar refractivity (Wildman–Crippen MR) is 137 cm³/mol. The third-order valence-electron chi connectivity index (χ3n) is 9.51. The fraction of sp³-hybridized carbons (Fsp3) is 0.464. The fourth-order valence-electron chi connectivity index (χ4n) is 6.90. The second kappa shape index (κ2) is 7.80. The molecule has 0 radical (unpaired) electrons. The molecule has 1 amide bonds. The Hall–Kier alpha value is -3.39. The van der Waals surface area contributed by atoms with Gasteiger partial charge in [-0.2, -0.15) is 0 Å². The number of nitro benzene ring substituents is 1. The first-order valence-electron chi connectivity index (χ1n) is 12.7. The quantitative estimate of drug-likeness (QED) is 0.406. The monoisotopic (exact) mass is 485 g/mol. The van der Waals surface area contributed by atoms with Gasteiger partial charge in [-0.15, -0.1) is 0 Å².